The summed E-state index contributed by atoms with van der Waals surface area (Å²) in [6, 6.07) is 6.64. The van der Waals surface area contributed by atoms with Crippen LogP contribution in [0, 0.1) is 0 Å². The molecule has 0 saturated carbocycles. The van der Waals surface area contributed by atoms with Crippen LogP contribution in [0.1, 0.15) is 22.3 Å². The van der Waals surface area contributed by atoms with Crippen LogP contribution in [0.4, 0.5) is 0 Å². The Hall–Kier alpha value is -3.04. The van der Waals surface area contributed by atoms with Crippen LogP contribution < -0.4 is 5.32 Å². The Balaban J connectivity index is 1.62. The molecule has 1 aliphatic heterocycles. The number of imide groups is 1. The molecule has 0 radical (unpaired) electrons. The van der Waals surface area contributed by atoms with Gasteiger partial charge in [-0.1, -0.05) is 12.1 Å². The van der Waals surface area contributed by atoms with Crippen molar-refractivity contribution in [1.29, 1.82) is 0 Å². The van der Waals surface area contributed by atoms with E-state index in [-0.39, 0.29) is 37.3 Å². The van der Waals surface area contributed by atoms with Gasteiger partial charge < -0.3 is 19.9 Å². The Labute approximate surface area is 161 Å². The summed E-state index contributed by atoms with van der Waals surface area (Å²) in [5.74, 6) is -1.87. The smallest absolute Gasteiger partial charge is 0.305 e. The summed E-state index contributed by atoms with van der Waals surface area (Å²) in [5, 5.41) is 11.2. The van der Waals surface area contributed by atoms with Crippen molar-refractivity contribution in [3.8, 4) is 0 Å². The van der Waals surface area contributed by atoms with Gasteiger partial charge in [0.25, 0.3) is 17.7 Å². The molecule has 9 heteroatoms. The van der Waals surface area contributed by atoms with E-state index in [0.29, 0.717) is 31.9 Å². The molecule has 0 fully saturated rings. The molecule has 28 heavy (non-hydrogen) atoms. The van der Waals surface area contributed by atoms with E-state index in [1.165, 1.54) is 12.2 Å². The van der Waals surface area contributed by atoms with Crippen molar-refractivity contribution in [2.75, 3.05) is 33.0 Å². The third-order valence-corrected chi connectivity index (χ3v) is 3.82. The van der Waals surface area contributed by atoms with Crippen molar-refractivity contribution in [3.63, 3.8) is 0 Å². The van der Waals surface area contributed by atoms with E-state index < -0.39 is 5.97 Å². The van der Waals surface area contributed by atoms with Crippen molar-refractivity contribution in [2.45, 2.75) is 13.0 Å². The molecule has 1 aromatic rings. The summed E-state index contributed by atoms with van der Waals surface area (Å²) in [7, 11) is 0. The second-order valence-electron chi connectivity index (χ2n) is 5.92. The van der Waals surface area contributed by atoms with Crippen LogP contribution in [0.5, 0.6) is 0 Å². The van der Waals surface area contributed by atoms with E-state index in [4.69, 9.17) is 14.6 Å². The molecule has 0 saturated heterocycles. The predicted octanol–water partition coefficient (Wildman–Crippen LogP) is 0.349. The van der Waals surface area contributed by atoms with Gasteiger partial charge in [0.2, 0.25) is 0 Å². The number of rotatable bonds is 12. The Bertz CT molecular complexity index is 725. The van der Waals surface area contributed by atoms with Crippen molar-refractivity contribution in [2.24, 2.45) is 0 Å². The number of carboxylic acids is 1. The molecule has 0 unspecified atom stereocenters. The normalized spacial score (nSPS) is 13.2. The molecule has 0 bridgehead atoms. The fourth-order valence-electron chi connectivity index (χ4n) is 2.35. The van der Waals surface area contributed by atoms with Crippen molar-refractivity contribution < 1.29 is 33.8 Å². The number of aliphatic carboxylic acids is 1. The second-order valence-corrected chi connectivity index (χ2v) is 5.92. The van der Waals surface area contributed by atoms with Crippen LogP contribution in [0.3, 0.4) is 0 Å². The minimum absolute atomic E-state index is 0.0453. The highest BCUT2D eigenvalue weighted by atomic mass is 16.5. The van der Waals surface area contributed by atoms with Crippen LogP contribution in [0.2, 0.25) is 0 Å². The van der Waals surface area contributed by atoms with Gasteiger partial charge in [0.15, 0.2) is 0 Å². The Kier molecular flexibility index (Phi) is 8.32. The maximum Gasteiger partial charge on any atom is 0.305 e. The van der Waals surface area contributed by atoms with Crippen LogP contribution in [-0.2, 0) is 30.4 Å². The van der Waals surface area contributed by atoms with Gasteiger partial charge in [-0.05, 0) is 17.7 Å². The molecule has 150 valence electrons. The van der Waals surface area contributed by atoms with Crippen LogP contribution in [-0.4, -0.2) is 66.7 Å². The minimum atomic E-state index is -0.910. The number of ether oxygens (including phenoxy) is 2. The molecule has 0 spiro atoms. The highest BCUT2D eigenvalue weighted by Crippen LogP contribution is 2.12. The van der Waals surface area contributed by atoms with Gasteiger partial charge in [-0.2, -0.15) is 0 Å². The summed E-state index contributed by atoms with van der Waals surface area (Å²) in [4.78, 5) is 46.6. The number of carbonyl (C=O) groups is 4. The third-order valence-electron chi connectivity index (χ3n) is 3.82. The van der Waals surface area contributed by atoms with Gasteiger partial charge in [0.1, 0.15) is 0 Å². The number of nitrogens with one attached hydrogen (secondary N) is 1. The number of hydrogen-bond acceptors (Lipinski definition) is 6. The van der Waals surface area contributed by atoms with Gasteiger partial charge in [0.05, 0.1) is 39.4 Å². The minimum Gasteiger partial charge on any atom is -0.481 e. The Morgan fingerprint density at radius 1 is 0.929 bits per heavy atom. The number of hydrogen-bond donors (Lipinski definition) is 2. The first kappa shape index (κ1) is 21.3. The zero-order valence-corrected chi connectivity index (χ0v) is 15.3. The van der Waals surface area contributed by atoms with Gasteiger partial charge >= 0.3 is 5.97 Å². The zero-order chi connectivity index (χ0) is 20.4. The number of carboxylic acid groups (broad SMARTS) is 1. The van der Waals surface area contributed by atoms with Crippen LogP contribution in [0.15, 0.2) is 36.4 Å². The molecular formula is C19H22N2O7. The summed E-state index contributed by atoms with van der Waals surface area (Å²) in [6.45, 7) is 1.53. The lowest BCUT2D eigenvalue weighted by Gasteiger charge is -2.14. The molecule has 3 amide bonds. The maximum atomic E-state index is 12.1. The van der Waals surface area contributed by atoms with Crippen molar-refractivity contribution in [3.05, 3.63) is 47.5 Å². The van der Waals surface area contributed by atoms with Gasteiger partial charge in [-0.15, -0.1) is 0 Å². The molecule has 1 aromatic carbocycles. The van der Waals surface area contributed by atoms with E-state index in [1.807, 2.05) is 0 Å². The molecule has 0 aromatic heterocycles. The van der Waals surface area contributed by atoms with Crippen LogP contribution in [0.25, 0.3) is 0 Å². The first-order valence-electron chi connectivity index (χ1n) is 8.75. The molecule has 0 aliphatic carbocycles. The van der Waals surface area contributed by atoms with E-state index in [0.717, 1.165) is 10.5 Å². The maximum absolute atomic E-state index is 12.1. The lowest BCUT2D eigenvalue weighted by Crippen LogP contribution is -2.29. The van der Waals surface area contributed by atoms with Gasteiger partial charge in [-0.25, -0.2) is 0 Å². The lowest BCUT2D eigenvalue weighted by molar-refractivity contribution is -0.139. The number of carbonyl (C=O) groups excluding carboxylic acids is 3. The molecular weight excluding hydrogens is 368 g/mol. The molecule has 2 N–H and O–H groups in total. The second kappa shape index (κ2) is 11.0. The predicted molar refractivity (Wildman–Crippen MR) is 97.4 cm³/mol. The van der Waals surface area contributed by atoms with Gasteiger partial charge in [0, 0.05) is 24.3 Å². The molecule has 1 heterocycles. The van der Waals surface area contributed by atoms with E-state index in [1.54, 1.807) is 24.3 Å². The monoisotopic (exact) mass is 390 g/mol. The number of nitrogens with zero attached hydrogens (tertiary/aromatic N) is 1. The third kappa shape index (κ3) is 6.93. The lowest BCUT2D eigenvalue weighted by atomic mass is 10.1. The summed E-state index contributed by atoms with van der Waals surface area (Å²) >= 11 is 0. The quantitative estimate of drug-likeness (QED) is 0.390. The van der Waals surface area contributed by atoms with Gasteiger partial charge in [-0.3, -0.25) is 24.1 Å². The standard InChI is InChI=1S/C19H22N2O7/c22-16-5-6-17(23)21(16)13-14-1-3-15(4-2-14)19(26)20-8-10-28-12-11-27-9-7-18(24)25/h1-6H,7-13H2,(H,20,26)(H,24,25). The molecule has 9 nitrogen and oxygen atoms in total. The number of amides is 3. The van der Waals surface area contributed by atoms with Crippen LogP contribution >= 0.6 is 0 Å². The average Bonchev–Trinajstić information content (AvgIpc) is 2.99. The highest BCUT2D eigenvalue weighted by molar-refractivity contribution is 6.12. The fourth-order valence-corrected chi connectivity index (χ4v) is 2.35. The zero-order valence-electron chi connectivity index (χ0n) is 15.3. The van der Waals surface area contributed by atoms with E-state index in [2.05, 4.69) is 5.32 Å². The van der Waals surface area contributed by atoms with Crippen molar-refractivity contribution >= 4 is 23.7 Å². The topological polar surface area (TPSA) is 122 Å². The summed E-state index contributed by atoms with van der Waals surface area (Å²) < 4.78 is 10.3. The number of benzene rings is 1. The summed E-state index contributed by atoms with van der Waals surface area (Å²) in [6.07, 6.45) is 2.42. The molecule has 0 atom stereocenters. The Morgan fingerprint density at radius 2 is 1.54 bits per heavy atom. The molecule has 2 rings (SSSR count). The SMILES string of the molecule is O=C(O)CCOCCOCCNC(=O)c1ccc(CN2C(=O)C=CC2=O)cc1. The Morgan fingerprint density at radius 3 is 2.14 bits per heavy atom. The van der Waals surface area contributed by atoms with E-state index >= 15 is 0 Å². The fraction of sp³-hybridized carbons (Fsp3) is 0.368. The largest absolute Gasteiger partial charge is 0.481 e. The van der Waals surface area contributed by atoms with Crippen molar-refractivity contribution in [1.82, 2.24) is 10.2 Å². The average molecular weight is 390 g/mol. The molecule has 1 aliphatic rings. The first-order valence-corrected chi connectivity index (χ1v) is 8.75. The summed E-state index contributed by atoms with van der Waals surface area (Å²) in [5.41, 5.74) is 1.20. The first-order chi connectivity index (χ1) is 13.5. The highest BCUT2D eigenvalue weighted by Gasteiger charge is 2.23. The van der Waals surface area contributed by atoms with E-state index in [9.17, 15) is 19.2 Å².